The summed E-state index contributed by atoms with van der Waals surface area (Å²) in [5, 5.41) is 0. The average Bonchev–Trinajstić information content (AvgIpc) is 2.69. The van der Waals surface area contributed by atoms with Gasteiger partial charge in [-0.25, -0.2) is 0 Å². The second-order valence-corrected chi connectivity index (χ2v) is 6.93. The third-order valence-electron chi connectivity index (χ3n) is 5.02. The van der Waals surface area contributed by atoms with E-state index in [2.05, 4.69) is 59.2 Å². The molecule has 2 aromatic rings. The van der Waals surface area contributed by atoms with Gasteiger partial charge >= 0.3 is 0 Å². The lowest BCUT2D eigenvalue weighted by molar-refractivity contribution is -0.133. The van der Waals surface area contributed by atoms with Gasteiger partial charge in [0.2, 0.25) is 5.91 Å². The van der Waals surface area contributed by atoms with Gasteiger partial charge in [0.15, 0.2) is 0 Å². The minimum Gasteiger partial charge on any atom is -0.338 e. The van der Waals surface area contributed by atoms with Crippen LogP contribution in [0.1, 0.15) is 18.1 Å². The van der Waals surface area contributed by atoms with Gasteiger partial charge in [-0.1, -0.05) is 60.7 Å². The highest BCUT2D eigenvalue weighted by Crippen LogP contribution is 2.10. The lowest BCUT2D eigenvalue weighted by Crippen LogP contribution is -2.49. The van der Waals surface area contributed by atoms with E-state index in [9.17, 15) is 4.79 Å². The fraction of sp³-hybridized carbons (Fsp3) is 0.409. The molecule has 1 saturated heterocycles. The van der Waals surface area contributed by atoms with Gasteiger partial charge in [0.1, 0.15) is 0 Å². The zero-order chi connectivity index (χ0) is 18.2. The smallest absolute Gasteiger partial charge is 0.237 e. The Morgan fingerprint density at radius 2 is 1.38 bits per heavy atom. The van der Waals surface area contributed by atoms with Crippen molar-refractivity contribution < 1.29 is 4.79 Å². The van der Waals surface area contributed by atoms with Crippen molar-refractivity contribution in [2.45, 2.75) is 20.0 Å². The van der Waals surface area contributed by atoms with Crippen LogP contribution in [-0.2, 0) is 17.9 Å². The Hall–Kier alpha value is -2.17. The van der Waals surface area contributed by atoms with E-state index in [4.69, 9.17) is 0 Å². The lowest BCUT2D eigenvalue weighted by Gasteiger charge is -2.35. The van der Waals surface area contributed by atoms with Crippen LogP contribution in [0.4, 0.5) is 0 Å². The van der Waals surface area contributed by atoms with E-state index in [1.165, 1.54) is 11.1 Å². The van der Waals surface area contributed by atoms with Gasteiger partial charge in [-0.15, -0.1) is 0 Å². The Kier molecular flexibility index (Phi) is 6.81. The van der Waals surface area contributed by atoms with E-state index < -0.39 is 0 Å². The number of rotatable bonds is 7. The van der Waals surface area contributed by atoms with Crippen molar-refractivity contribution in [2.75, 3.05) is 39.3 Å². The van der Waals surface area contributed by atoms with Gasteiger partial charge in [-0.05, 0) is 18.1 Å². The minimum absolute atomic E-state index is 0.230. The van der Waals surface area contributed by atoms with Crippen LogP contribution < -0.4 is 0 Å². The molecule has 3 rings (SSSR count). The van der Waals surface area contributed by atoms with E-state index in [-0.39, 0.29) is 5.91 Å². The normalized spacial score (nSPS) is 15.7. The highest BCUT2D eigenvalue weighted by molar-refractivity contribution is 5.78. The molecule has 1 amide bonds. The third kappa shape index (κ3) is 5.41. The topological polar surface area (TPSA) is 26.8 Å². The summed E-state index contributed by atoms with van der Waals surface area (Å²) >= 11 is 0. The van der Waals surface area contributed by atoms with Crippen LogP contribution in [0.15, 0.2) is 60.7 Å². The lowest BCUT2D eigenvalue weighted by atomic mass is 10.2. The Balaban J connectivity index is 1.45. The van der Waals surface area contributed by atoms with Crippen LogP contribution in [0, 0.1) is 0 Å². The number of piperazine rings is 1. The van der Waals surface area contributed by atoms with Gasteiger partial charge in [0, 0.05) is 45.8 Å². The maximum Gasteiger partial charge on any atom is 0.237 e. The zero-order valence-corrected chi connectivity index (χ0v) is 15.7. The molecular weight excluding hydrogens is 322 g/mol. The molecule has 0 saturated carbocycles. The number of nitrogens with zero attached hydrogens (tertiary/aromatic N) is 3. The molecule has 0 aromatic heterocycles. The van der Waals surface area contributed by atoms with Crippen LogP contribution in [0.5, 0.6) is 0 Å². The van der Waals surface area contributed by atoms with Gasteiger partial charge < -0.3 is 4.90 Å². The van der Waals surface area contributed by atoms with Crippen molar-refractivity contribution in [2.24, 2.45) is 0 Å². The van der Waals surface area contributed by atoms with Crippen molar-refractivity contribution in [1.82, 2.24) is 14.7 Å². The second kappa shape index (κ2) is 9.51. The molecule has 1 fully saturated rings. The van der Waals surface area contributed by atoms with Crippen molar-refractivity contribution >= 4 is 5.91 Å². The van der Waals surface area contributed by atoms with Gasteiger partial charge in [0.05, 0.1) is 6.54 Å². The number of carbonyl (C=O) groups excluding carboxylic acids is 1. The molecule has 0 aliphatic carbocycles. The number of hydrogen-bond acceptors (Lipinski definition) is 3. The summed E-state index contributed by atoms with van der Waals surface area (Å²) in [6.45, 7) is 8.99. The highest BCUT2D eigenvalue weighted by atomic mass is 16.2. The van der Waals surface area contributed by atoms with E-state index in [1.807, 2.05) is 23.1 Å². The molecule has 0 N–H and O–H groups in total. The van der Waals surface area contributed by atoms with Gasteiger partial charge in [-0.2, -0.15) is 0 Å². The van der Waals surface area contributed by atoms with Crippen LogP contribution >= 0.6 is 0 Å². The number of benzene rings is 2. The van der Waals surface area contributed by atoms with Crippen molar-refractivity contribution in [3.8, 4) is 0 Å². The predicted molar refractivity (Wildman–Crippen MR) is 106 cm³/mol. The second-order valence-electron chi connectivity index (χ2n) is 6.93. The number of carbonyl (C=O) groups is 1. The quantitative estimate of drug-likeness (QED) is 0.767. The maximum absolute atomic E-state index is 12.7. The zero-order valence-electron chi connectivity index (χ0n) is 15.7. The molecule has 26 heavy (non-hydrogen) atoms. The fourth-order valence-corrected chi connectivity index (χ4v) is 3.42. The average molecular weight is 351 g/mol. The highest BCUT2D eigenvalue weighted by Gasteiger charge is 2.21. The Morgan fingerprint density at radius 3 is 1.96 bits per heavy atom. The fourth-order valence-electron chi connectivity index (χ4n) is 3.42. The largest absolute Gasteiger partial charge is 0.338 e. The molecule has 138 valence electrons. The number of amides is 1. The Morgan fingerprint density at radius 1 is 0.846 bits per heavy atom. The molecule has 4 heteroatoms. The molecule has 4 nitrogen and oxygen atoms in total. The molecule has 0 bridgehead atoms. The van der Waals surface area contributed by atoms with E-state index in [0.717, 1.165) is 39.3 Å². The molecule has 0 spiro atoms. The minimum atomic E-state index is 0.230. The molecule has 0 unspecified atom stereocenters. The van der Waals surface area contributed by atoms with Crippen LogP contribution in [0.25, 0.3) is 0 Å². The first-order valence-corrected chi connectivity index (χ1v) is 9.55. The molecule has 0 atom stereocenters. The van der Waals surface area contributed by atoms with E-state index >= 15 is 0 Å². The van der Waals surface area contributed by atoms with Crippen LogP contribution in [-0.4, -0.2) is 59.9 Å². The first-order chi connectivity index (χ1) is 12.7. The SMILES string of the molecule is CCN(Cc1ccccc1)C(=O)CN1CCN(Cc2ccccc2)CC1. The number of hydrogen-bond donors (Lipinski definition) is 0. The first-order valence-electron chi connectivity index (χ1n) is 9.55. The summed E-state index contributed by atoms with van der Waals surface area (Å²) in [6, 6.07) is 20.8. The van der Waals surface area contributed by atoms with Gasteiger partial charge in [-0.3, -0.25) is 14.6 Å². The van der Waals surface area contributed by atoms with Crippen LogP contribution in [0.2, 0.25) is 0 Å². The van der Waals surface area contributed by atoms with Crippen molar-refractivity contribution in [3.63, 3.8) is 0 Å². The first kappa shape index (κ1) is 18.6. The predicted octanol–water partition coefficient (Wildman–Crippen LogP) is 2.85. The van der Waals surface area contributed by atoms with E-state index in [1.54, 1.807) is 0 Å². The van der Waals surface area contributed by atoms with Gasteiger partial charge in [0.25, 0.3) is 0 Å². The van der Waals surface area contributed by atoms with Crippen molar-refractivity contribution in [3.05, 3.63) is 71.8 Å². The maximum atomic E-state index is 12.7. The number of likely N-dealkylation sites (N-methyl/N-ethyl adjacent to an activating group) is 1. The molecule has 1 aliphatic heterocycles. The summed E-state index contributed by atoms with van der Waals surface area (Å²) in [5.41, 5.74) is 2.55. The summed E-state index contributed by atoms with van der Waals surface area (Å²) in [5.74, 6) is 0.230. The molecule has 2 aromatic carbocycles. The standard InChI is InChI=1S/C22H29N3O/c1-2-25(18-21-11-7-4-8-12-21)22(26)19-24-15-13-23(14-16-24)17-20-9-5-3-6-10-20/h3-12H,2,13-19H2,1H3. The molecule has 0 radical (unpaired) electrons. The Labute approximate surface area is 157 Å². The summed E-state index contributed by atoms with van der Waals surface area (Å²) < 4.78 is 0. The molecule has 1 heterocycles. The third-order valence-corrected chi connectivity index (χ3v) is 5.02. The van der Waals surface area contributed by atoms with Crippen LogP contribution in [0.3, 0.4) is 0 Å². The monoisotopic (exact) mass is 351 g/mol. The molecule has 1 aliphatic rings. The Bertz CT molecular complexity index is 666. The summed E-state index contributed by atoms with van der Waals surface area (Å²) in [7, 11) is 0. The van der Waals surface area contributed by atoms with Crippen molar-refractivity contribution in [1.29, 1.82) is 0 Å². The summed E-state index contributed by atoms with van der Waals surface area (Å²) in [6.07, 6.45) is 0. The van der Waals surface area contributed by atoms with E-state index in [0.29, 0.717) is 13.1 Å². The molecular formula is C22H29N3O. The summed E-state index contributed by atoms with van der Waals surface area (Å²) in [4.78, 5) is 19.4.